The van der Waals surface area contributed by atoms with Crippen molar-refractivity contribution in [3.63, 3.8) is 0 Å². The number of rotatable bonds is 3. The Hall–Kier alpha value is -2.30. The van der Waals surface area contributed by atoms with Crippen LogP contribution in [0.25, 0.3) is 0 Å². The molecule has 0 aromatic heterocycles. The van der Waals surface area contributed by atoms with Crippen molar-refractivity contribution in [3.8, 4) is 0 Å². The fourth-order valence-corrected chi connectivity index (χ4v) is 2.74. The second-order valence-electron chi connectivity index (χ2n) is 4.90. The van der Waals surface area contributed by atoms with E-state index in [1.54, 1.807) is 35.2 Å². The molecule has 0 saturated carbocycles. The van der Waals surface area contributed by atoms with Gasteiger partial charge in [0.1, 0.15) is 18.8 Å². The third-order valence-corrected chi connectivity index (χ3v) is 3.75. The Bertz CT molecular complexity index is 542. The Morgan fingerprint density at radius 2 is 2.15 bits per heavy atom. The second-order valence-corrected chi connectivity index (χ2v) is 4.90. The highest BCUT2D eigenvalue weighted by atomic mass is 16.6. The normalized spacial score (nSPS) is 27.9. The third kappa shape index (κ3) is 2.05. The number of fused-ring (bicyclic) bond motifs is 1. The number of esters is 1. The molecule has 3 rings (SSSR count). The number of benzene rings is 1. The second kappa shape index (κ2) is 5.00. The first-order valence-electron chi connectivity index (χ1n) is 6.54. The number of hydrogen-bond acceptors (Lipinski definition) is 4. The summed E-state index contributed by atoms with van der Waals surface area (Å²) in [6, 6.07) is 8.47. The van der Waals surface area contributed by atoms with E-state index >= 15 is 0 Å². The summed E-state index contributed by atoms with van der Waals surface area (Å²) in [5.41, 5.74) is 0.506. The van der Waals surface area contributed by atoms with Crippen molar-refractivity contribution in [1.29, 1.82) is 0 Å². The van der Waals surface area contributed by atoms with Gasteiger partial charge in [0.05, 0.1) is 11.6 Å². The SMILES string of the molecule is C=C[C@@H]1C[C@H](OC(=O)c2ccccc2)[C@H]2COC(=O)N12. The quantitative estimate of drug-likeness (QED) is 0.624. The molecule has 2 aliphatic heterocycles. The lowest BCUT2D eigenvalue weighted by atomic mass is 10.1. The van der Waals surface area contributed by atoms with Crippen LogP contribution in [0, 0.1) is 0 Å². The van der Waals surface area contributed by atoms with Crippen LogP contribution in [0.1, 0.15) is 16.8 Å². The van der Waals surface area contributed by atoms with E-state index in [-0.39, 0.29) is 36.9 Å². The number of carbonyl (C=O) groups is 2. The maximum atomic E-state index is 12.1. The van der Waals surface area contributed by atoms with Gasteiger partial charge in [-0.1, -0.05) is 24.3 Å². The van der Waals surface area contributed by atoms with E-state index in [1.165, 1.54) is 0 Å². The van der Waals surface area contributed by atoms with Crippen molar-refractivity contribution in [2.24, 2.45) is 0 Å². The Balaban J connectivity index is 1.74. The summed E-state index contributed by atoms with van der Waals surface area (Å²) in [6.45, 7) is 3.98. The fraction of sp³-hybridized carbons (Fsp3) is 0.333. The first-order valence-corrected chi connectivity index (χ1v) is 6.54. The summed E-state index contributed by atoms with van der Waals surface area (Å²) in [5.74, 6) is -0.375. The lowest BCUT2D eigenvalue weighted by Crippen LogP contribution is -2.37. The zero-order valence-corrected chi connectivity index (χ0v) is 10.9. The van der Waals surface area contributed by atoms with Crippen LogP contribution < -0.4 is 0 Å². The van der Waals surface area contributed by atoms with Gasteiger partial charge in [0.2, 0.25) is 0 Å². The third-order valence-electron chi connectivity index (χ3n) is 3.75. The predicted octanol–water partition coefficient (Wildman–Crippen LogP) is 1.99. The van der Waals surface area contributed by atoms with E-state index in [0.29, 0.717) is 12.0 Å². The van der Waals surface area contributed by atoms with Crippen LogP contribution in [-0.2, 0) is 9.47 Å². The molecule has 0 bridgehead atoms. The Morgan fingerprint density at radius 1 is 1.40 bits per heavy atom. The van der Waals surface area contributed by atoms with Crippen LogP contribution in [0.15, 0.2) is 43.0 Å². The summed E-state index contributed by atoms with van der Waals surface area (Å²) in [6.07, 6.45) is 1.55. The summed E-state index contributed by atoms with van der Waals surface area (Å²) in [4.78, 5) is 25.3. The number of cyclic esters (lactones) is 1. The van der Waals surface area contributed by atoms with Gasteiger partial charge >= 0.3 is 12.1 Å². The minimum absolute atomic E-state index is 0.136. The largest absolute Gasteiger partial charge is 0.456 e. The summed E-state index contributed by atoms with van der Waals surface area (Å²) in [5, 5.41) is 0. The van der Waals surface area contributed by atoms with Crippen molar-refractivity contribution in [2.75, 3.05) is 6.61 Å². The van der Waals surface area contributed by atoms with Crippen molar-refractivity contribution in [1.82, 2.24) is 4.90 Å². The topological polar surface area (TPSA) is 55.8 Å². The molecule has 2 heterocycles. The average molecular weight is 273 g/mol. The van der Waals surface area contributed by atoms with Gasteiger partial charge in [0.15, 0.2) is 0 Å². The predicted molar refractivity (Wildman–Crippen MR) is 71.2 cm³/mol. The van der Waals surface area contributed by atoms with Crippen LogP contribution in [0.4, 0.5) is 4.79 Å². The van der Waals surface area contributed by atoms with Crippen LogP contribution in [0.5, 0.6) is 0 Å². The smallest absolute Gasteiger partial charge is 0.410 e. The Labute approximate surface area is 116 Å². The molecule has 2 saturated heterocycles. The highest BCUT2D eigenvalue weighted by Crippen LogP contribution is 2.33. The fourth-order valence-electron chi connectivity index (χ4n) is 2.74. The minimum atomic E-state index is -0.375. The molecule has 104 valence electrons. The molecule has 1 aromatic carbocycles. The maximum absolute atomic E-state index is 12.1. The molecule has 5 heteroatoms. The average Bonchev–Trinajstić information content (AvgIpc) is 3.02. The maximum Gasteiger partial charge on any atom is 0.410 e. The molecule has 0 aliphatic carbocycles. The molecule has 5 nitrogen and oxygen atoms in total. The van der Waals surface area contributed by atoms with Crippen LogP contribution in [0.2, 0.25) is 0 Å². The monoisotopic (exact) mass is 273 g/mol. The zero-order chi connectivity index (χ0) is 14.1. The molecule has 1 aromatic rings. The number of amides is 1. The summed E-state index contributed by atoms with van der Waals surface area (Å²) >= 11 is 0. The van der Waals surface area contributed by atoms with Gasteiger partial charge in [-0.3, -0.25) is 4.90 Å². The standard InChI is InChI=1S/C15H15NO4/c1-2-11-8-13(12-9-19-15(18)16(11)12)20-14(17)10-6-4-3-5-7-10/h2-7,11-13H,1,8-9H2/t11-,12-,13+/m1/s1. The highest BCUT2D eigenvalue weighted by Gasteiger charge is 2.50. The highest BCUT2D eigenvalue weighted by molar-refractivity contribution is 5.89. The minimum Gasteiger partial charge on any atom is -0.456 e. The van der Waals surface area contributed by atoms with E-state index in [0.717, 1.165) is 0 Å². The van der Waals surface area contributed by atoms with Gasteiger partial charge in [-0.15, -0.1) is 6.58 Å². The van der Waals surface area contributed by atoms with Gasteiger partial charge in [-0.25, -0.2) is 9.59 Å². The summed E-state index contributed by atoms with van der Waals surface area (Å²) < 4.78 is 10.5. The van der Waals surface area contributed by atoms with Crippen LogP contribution in [-0.4, -0.2) is 41.8 Å². The van der Waals surface area contributed by atoms with Gasteiger partial charge < -0.3 is 9.47 Å². The van der Waals surface area contributed by atoms with E-state index in [2.05, 4.69) is 6.58 Å². The Kier molecular flexibility index (Phi) is 3.18. The van der Waals surface area contributed by atoms with Gasteiger partial charge in [0.25, 0.3) is 0 Å². The number of ether oxygens (including phenoxy) is 2. The van der Waals surface area contributed by atoms with Crippen LogP contribution >= 0.6 is 0 Å². The molecule has 0 N–H and O–H groups in total. The van der Waals surface area contributed by atoms with E-state index < -0.39 is 0 Å². The van der Waals surface area contributed by atoms with Crippen molar-refractivity contribution < 1.29 is 19.1 Å². The first-order chi connectivity index (χ1) is 9.70. The lowest BCUT2D eigenvalue weighted by molar-refractivity contribution is 0.0235. The first kappa shape index (κ1) is 12.7. The molecule has 2 aliphatic rings. The molecular weight excluding hydrogens is 258 g/mol. The molecule has 0 unspecified atom stereocenters. The van der Waals surface area contributed by atoms with Crippen molar-refractivity contribution in [3.05, 3.63) is 48.6 Å². The van der Waals surface area contributed by atoms with Gasteiger partial charge in [-0.05, 0) is 12.1 Å². The van der Waals surface area contributed by atoms with Crippen LogP contribution in [0.3, 0.4) is 0 Å². The van der Waals surface area contributed by atoms with Crippen molar-refractivity contribution >= 4 is 12.1 Å². The molecular formula is C15H15NO4. The van der Waals surface area contributed by atoms with Gasteiger partial charge in [-0.2, -0.15) is 0 Å². The molecule has 1 amide bonds. The number of hydrogen-bond donors (Lipinski definition) is 0. The lowest BCUT2D eigenvalue weighted by Gasteiger charge is -2.18. The zero-order valence-electron chi connectivity index (χ0n) is 10.9. The molecule has 0 radical (unpaired) electrons. The summed E-state index contributed by atoms with van der Waals surface area (Å²) in [7, 11) is 0. The van der Waals surface area contributed by atoms with Gasteiger partial charge in [0, 0.05) is 6.42 Å². The number of nitrogens with zero attached hydrogens (tertiary/aromatic N) is 1. The molecule has 3 atom stereocenters. The molecule has 2 fully saturated rings. The van der Waals surface area contributed by atoms with E-state index in [9.17, 15) is 9.59 Å². The van der Waals surface area contributed by atoms with E-state index in [4.69, 9.17) is 9.47 Å². The Morgan fingerprint density at radius 3 is 2.85 bits per heavy atom. The molecule has 0 spiro atoms. The van der Waals surface area contributed by atoms with E-state index in [1.807, 2.05) is 6.07 Å². The molecule has 20 heavy (non-hydrogen) atoms. The number of carbonyl (C=O) groups excluding carboxylic acids is 2. The van der Waals surface area contributed by atoms with Crippen molar-refractivity contribution in [2.45, 2.75) is 24.6 Å².